The van der Waals surface area contributed by atoms with Crippen LogP contribution in [-0.2, 0) is 10.2 Å². The Morgan fingerprint density at radius 2 is 1.92 bits per heavy atom. The Hall–Kier alpha value is -1.59. The van der Waals surface area contributed by atoms with Gasteiger partial charge in [-0.2, -0.15) is 0 Å². The van der Waals surface area contributed by atoms with Crippen LogP contribution in [0.3, 0.4) is 0 Å². The lowest BCUT2D eigenvalue weighted by Gasteiger charge is -2.36. The van der Waals surface area contributed by atoms with E-state index in [1.807, 2.05) is 23.1 Å². The van der Waals surface area contributed by atoms with Gasteiger partial charge >= 0.3 is 6.03 Å². The summed E-state index contributed by atoms with van der Waals surface area (Å²) in [6, 6.07) is 8.10. The summed E-state index contributed by atoms with van der Waals surface area (Å²) in [7, 11) is 0. The first-order valence-corrected chi connectivity index (χ1v) is 9.43. The van der Waals surface area contributed by atoms with Crippen molar-refractivity contribution >= 4 is 11.7 Å². The number of nitrogens with zero attached hydrogens (tertiary/aromatic N) is 2. The van der Waals surface area contributed by atoms with Gasteiger partial charge in [-0.3, -0.25) is 4.90 Å². The minimum Gasteiger partial charge on any atom is -0.377 e. The Bertz CT molecular complexity index is 583. The number of hydrogen-bond donors (Lipinski definition) is 1. The van der Waals surface area contributed by atoms with Gasteiger partial charge in [0.2, 0.25) is 0 Å². The van der Waals surface area contributed by atoms with Crippen LogP contribution in [0.1, 0.15) is 39.2 Å². The fourth-order valence-corrected chi connectivity index (χ4v) is 3.65. The number of piperazine rings is 1. The van der Waals surface area contributed by atoms with E-state index < -0.39 is 0 Å². The second kappa shape index (κ2) is 7.75. The monoisotopic (exact) mass is 345 g/mol. The molecule has 2 amide bonds. The molecule has 2 saturated heterocycles. The van der Waals surface area contributed by atoms with Crippen molar-refractivity contribution in [3.63, 3.8) is 0 Å². The van der Waals surface area contributed by atoms with Gasteiger partial charge in [-0.25, -0.2) is 4.79 Å². The van der Waals surface area contributed by atoms with Crippen LogP contribution in [0.15, 0.2) is 24.3 Å². The SMILES string of the molecule is CC(C)(C)c1ccccc1NC(=O)N1CCN(CC2CCCO2)CC1. The van der Waals surface area contributed by atoms with Crippen molar-refractivity contribution in [3.8, 4) is 0 Å². The fraction of sp³-hybridized carbons (Fsp3) is 0.650. The second-order valence-corrected chi connectivity index (χ2v) is 8.15. The zero-order chi connectivity index (χ0) is 17.9. The van der Waals surface area contributed by atoms with Crippen LogP contribution in [-0.4, -0.2) is 61.3 Å². The molecule has 138 valence electrons. The maximum absolute atomic E-state index is 12.7. The largest absolute Gasteiger partial charge is 0.377 e. The zero-order valence-corrected chi connectivity index (χ0v) is 15.8. The number of amides is 2. The second-order valence-electron chi connectivity index (χ2n) is 8.15. The van der Waals surface area contributed by atoms with Gasteiger partial charge in [-0.15, -0.1) is 0 Å². The van der Waals surface area contributed by atoms with Gasteiger partial charge < -0.3 is 15.0 Å². The molecule has 2 heterocycles. The Balaban J connectivity index is 1.53. The van der Waals surface area contributed by atoms with Crippen molar-refractivity contribution in [2.45, 2.75) is 45.1 Å². The molecule has 0 aromatic heterocycles. The summed E-state index contributed by atoms with van der Waals surface area (Å²) < 4.78 is 5.72. The predicted octanol–water partition coefficient (Wildman–Crippen LogP) is 3.31. The molecular formula is C20H31N3O2. The van der Waals surface area contributed by atoms with E-state index in [9.17, 15) is 4.79 Å². The maximum atomic E-state index is 12.7. The summed E-state index contributed by atoms with van der Waals surface area (Å²) in [5.74, 6) is 0. The maximum Gasteiger partial charge on any atom is 0.321 e. The number of carbonyl (C=O) groups excluding carboxylic acids is 1. The quantitative estimate of drug-likeness (QED) is 0.914. The van der Waals surface area contributed by atoms with Crippen molar-refractivity contribution in [2.24, 2.45) is 0 Å². The van der Waals surface area contributed by atoms with Crippen molar-refractivity contribution in [1.82, 2.24) is 9.80 Å². The number of carbonyl (C=O) groups is 1. The summed E-state index contributed by atoms with van der Waals surface area (Å²) in [5, 5.41) is 3.12. The van der Waals surface area contributed by atoms with Gasteiger partial charge in [0, 0.05) is 45.0 Å². The van der Waals surface area contributed by atoms with E-state index in [0.717, 1.165) is 45.0 Å². The Morgan fingerprint density at radius 3 is 2.56 bits per heavy atom. The number of ether oxygens (including phenoxy) is 1. The molecule has 1 unspecified atom stereocenters. The Kier molecular flexibility index (Phi) is 5.64. The van der Waals surface area contributed by atoms with Crippen LogP contribution in [0.2, 0.25) is 0 Å². The number of hydrogen-bond acceptors (Lipinski definition) is 3. The third kappa shape index (κ3) is 4.73. The number of para-hydroxylation sites is 1. The highest BCUT2D eigenvalue weighted by Crippen LogP contribution is 2.29. The highest BCUT2D eigenvalue weighted by atomic mass is 16.5. The first-order chi connectivity index (χ1) is 11.9. The Labute approximate surface area is 151 Å². The zero-order valence-electron chi connectivity index (χ0n) is 15.8. The van der Waals surface area contributed by atoms with E-state index in [1.54, 1.807) is 0 Å². The highest BCUT2D eigenvalue weighted by molar-refractivity contribution is 5.90. The average molecular weight is 345 g/mol. The first kappa shape index (κ1) is 18.2. The molecule has 2 aliphatic rings. The van der Waals surface area contributed by atoms with E-state index in [1.165, 1.54) is 18.4 Å². The molecule has 1 aromatic rings. The summed E-state index contributed by atoms with van der Waals surface area (Å²) in [4.78, 5) is 17.0. The molecule has 0 saturated carbocycles. The van der Waals surface area contributed by atoms with Crippen molar-refractivity contribution in [1.29, 1.82) is 0 Å². The van der Waals surface area contributed by atoms with Crippen molar-refractivity contribution in [2.75, 3.05) is 44.6 Å². The molecule has 1 N–H and O–H groups in total. The minimum absolute atomic E-state index is 0.00382. The molecular weight excluding hydrogens is 314 g/mol. The topological polar surface area (TPSA) is 44.8 Å². The van der Waals surface area contributed by atoms with E-state index in [2.05, 4.69) is 37.1 Å². The molecule has 2 aliphatic heterocycles. The first-order valence-electron chi connectivity index (χ1n) is 9.43. The summed E-state index contributed by atoms with van der Waals surface area (Å²) in [5.41, 5.74) is 2.09. The van der Waals surface area contributed by atoms with E-state index in [-0.39, 0.29) is 11.4 Å². The number of benzene rings is 1. The molecule has 0 bridgehead atoms. The van der Waals surface area contributed by atoms with E-state index in [4.69, 9.17) is 4.74 Å². The van der Waals surface area contributed by atoms with Crippen LogP contribution in [0.25, 0.3) is 0 Å². The molecule has 1 atom stereocenters. The average Bonchev–Trinajstić information content (AvgIpc) is 3.08. The van der Waals surface area contributed by atoms with Crippen molar-refractivity contribution in [3.05, 3.63) is 29.8 Å². The molecule has 0 aliphatic carbocycles. The third-order valence-electron chi connectivity index (χ3n) is 5.12. The number of nitrogens with one attached hydrogen (secondary N) is 1. The van der Waals surface area contributed by atoms with E-state index in [0.29, 0.717) is 6.10 Å². The van der Waals surface area contributed by atoms with E-state index >= 15 is 0 Å². The number of anilines is 1. The van der Waals surface area contributed by atoms with Crippen LogP contribution in [0, 0.1) is 0 Å². The standard InChI is InChI=1S/C20H31N3O2/c1-20(2,3)17-8-4-5-9-18(17)21-19(24)23-12-10-22(11-13-23)15-16-7-6-14-25-16/h4-5,8-9,16H,6-7,10-15H2,1-3H3,(H,21,24). The lowest BCUT2D eigenvalue weighted by Crippen LogP contribution is -2.51. The van der Waals surface area contributed by atoms with Crippen LogP contribution < -0.4 is 5.32 Å². The van der Waals surface area contributed by atoms with Crippen LogP contribution in [0.4, 0.5) is 10.5 Å². The highest BCUT2D eigenvalue weighted by Gasteiger charge is 2.26. The summed E-state index contributed by atoms with van der Waals surface area (Å²) in [6.07, 6.45) is 2.74. The Morgan fingerprint density at radius 1 is 1.20 bits per heavy atom. The van der Waals surface area contributed by atoms with Gasteiger partial charge in [0.25, 0.3) is 0 Å². The molecule has 0 spiro atoms. The summed E-state index contributed by atoms with van der Waals surface area (Å²) in [6.45, 7) is 11.8. The van der Waals surface area contributed by atoms with Gasteiger partial charge in [-0.05, 0) is 29.9 Å². The summed E-state index contributed by atoms with van der Waals surface area (Å²) >= 11 is 0. The van der Waals surface area contributed by atoms with Gasteiger partial charge in [0.05, 0.1) is 6.10 Å². The molecule has 2 fully saturated rings. The molecule has 25 heavy (non-hydrogen) atoms. The van der Waals surface area contributed by atoms with Gasteiger partial charge in [-0.1, -0.05) is 39.0 Å². The normalized spacial score (nSPS) is 22.2. The molecule has 1 aromatic carbocycles. The molecule has 0 radical (unpaired) electrons. The van der Waals surface area contributed by atoms with Gasteiger partial charge in [0.15, 0.2) is 0 Å². The number of rotatable bonds is 3. The molecule has 5 nitrogen and oxygen atoms in total. The van der Waals surface area contributed by atoms with Crippen LogP contribution in [0.5, 0.6) is 0 Å². The predicted molar refractivity (Wildman–Crippen MR) is 101 cm³/mol. The molecule has 5 heteroatoms. The smallest absolute Gasteiger partial charge is 0.321 e. The van der Waals surface area contributed by atoms with Gasteiger partial charge in [0.1, 0.15) is 0 Å². The number of urea groups is 1. The van der Waals surface area contributed by atoms with Crippen LogP contribution >= 0.6 is 0 Å². The lowest BCUT2D eigenvalue weighted by molar-refractivity contribution is 0.0572. The molecule has 3 rings (SSSR count). The third-order valence-corrected chi connectivity index (χ3v) is 5.12. The fourth-order valence-electron chi connectivity index (χ4n) is 3.65. The van der Waals surface area contributed by atoms with Crippen molar-refractivity contribution < 1.29 is 9.53 Å². The minimum atomic E-state index is 0.00382. The lowest BCUT2D eigenvalue weighted by atomic mass is 9.86.